The Morgan fingerprint density at radius 3 is 1.45 bits per heavy atom. The van der Waals surface area contributed by atoms with Crippen LogP contribution in [0.4, 0.5) is 0 Å². The Bertz CT molecular complexity index is 3140. The number of fused-ring (bicyclic) bond motifs is 5. The molecule has 0 aliphatic heterocycles. The van der Waals surface area contributed by atoms with Gasteiger partial charge < -0.3 is 0 Å². The highest BCUT2D eigenvalue weighted by molar-refractivity contribution is 6.00. The van der Waals surface area contributed by atoms with Crippen LogP contribution in [0.3, 0.4) is 0 Å². The van der Waals surface area contributed by atoms with Crippen molar-refractivity contribution in [3.05, 3.63) is 199 Å². The van der Waals surface area contributed by atoms with Crippen molar-refractivity contribution in [1.82, 2.24) is 15.0 Å². The summed E-state index contributed by atoms with van der Waals surface area (Å²) in [5.74, 6) is 5.11. The molecule has 1 aromatic heterocycles. The molecule has 4 saturated carbocycles. The van der Waals surface area contributed by atoms with Gasteiger partial charge in [-0.2, -0.15) is 0 Å². The molecule has 0 saturated heterocycles. The molecule has 5 aliphatic carbocycles. The maximum absolute atomic E-state index is 5.21. The van der Waals surface area contributed by atoms with Crippen molar-refractivity contribution >= 4 is 10.8 Å². The standard InChI is InChI=1S/C59H45N3/c1-3-11-39(12-4-1)41-21-25-44(26-22-41)56-60-57(62-58(61-56)47-17-9-16-46(36-47)40-13-5-2-6-14-40)45-27-23-43(24-28-45)51-19-10-20-52-53-30-29-42-15-7-8-18-50(42)55(53)59(54(51)52)48-32-37-31-38(34-48)35-49(59)33-37/h1-30,36-38,48-49H,31-35H2. The lowest BCUT2D eigenvalue weighted by Crippen LogP contribution is -2.55. The SMILES string of the molecule is c1ccc(-c2ccc(-c3nc(-c4ccc(-c5cccc6c5C5(c7c-6ccc6ccccc76)C6CC7CC(C6)CC5C7)cc4)nc(-c4cccc(-c5ccccc5)c4)n3)cc2)cc1. The van der Waals surface area contributed by atoms with Crippen molar-refractivity contribution in [3.63, 3.8) is 0 Å². The first-order chi connectivity index (χ1) is 30.7. The lowest BCUT2D eigenvalue weighted by Gasteiger charge is -2.61. The third-order valence-electron chi connectivity index (χ3n) is 15.1. The van der Waals surface area contributed by atoms with Crippen LogP contribution in [0.15, 0.2) is 188 Å². The van der Waals surface area contributed by atoms with E-state index in [9.17, 15) is 0 Å². The Morgan fingerprint density at radius 2 is 0.790 bits per heavy atom. The molecular formula is C59H45N3. The van der Waals surface area contributed by atoms with Crippen molar-refractivity contribution in [2.45, 2.75) is 37.5 Å². The van der Waals surface area contributed by atoms with E-state index in [1.807, 2.05) is 0 Å². The van der Waals surface area contributed by atoms with Crippen LogP contribution < -0.4 is 0 Å². The Morgan fingerprint density at radius 1 is 0.323 bits per heavy atom. The summed E-state index contributed by atoms with van der Waals surface area (Å²) in [6.07, 6.45) is 6.87. The summed E-state index contributed by atoms with van der Waals surface area (Å²) in [5, 5.41) is 2.83. The summed E-state index contributed by atoms with van der Waals surface area (Å²) < 4.78 is 0. The molecule has 0 radical (unpaired) electrons. The van der Waals surface area contributed by atoms with E-state index in [4.69, 9.17) is 15.0 Å². The summed E-state index contributed by atoms with van der Waals surface area (Å²) >= 11 is 0. The predicted molar refractivity (Wildman–Crippen MR) is 253 cm³/mol. The lowest BCUT2D eigenvalue weighted by atomic mass is 9.42. The van der Waals surface area contributed by atoms with Gasteiger partial charge >= 0.3 is 0 Å². The number of hydrogen-bond acceptors (Lipinski definition) is 3. The molecule has 8 aromatic carbocycles. The Kier molecular flexibility index (Phi) is 8.10. The highest BCUT2D eigenvalue weighted by Crippen LogP contribution is 2.71. The van der Waals surface area contributed by atoms with E-state index in [2.05, 4.69) is 188 Å². The van der Waals surface area contributed by atoms with Gasteiger partial charge in [0, 0.05) is 22.1 Å². The molecule has 0 unspecified atom stereocenters. The second-order valence-electron chi connectivity index (χ2n) is 18.4. The van der Waals surface area contributed by atoms with E-state index in [-0.39, 0.29) is 5.41 Å². The molecular weight excluding hydrogens is 751 g/mol. The zero-order chi connectivity index (χ0) is 40.8. The van der Waals surface area contributed by atoms with Crippen LogP contribution in [-0.4, -0.2) is 15.0 Å². The molecule has 4 bridgehead atoms. The van der Waals surface area contributed by atoms with Gasteiger partial charge in [0.05, 0.1) is 0 Å². The van der Waals surface area contributed by atoms with Gasteiger partial charge in [-0.3, -0.25) is 0 Å². The van der Waals surface area contributed by atoms with E-state index >= 15 is 0 Å². The first kappa shape index (κ1) is 35.8. The second-order valence-corrected chi connectivity index (χ2v) is 18.4. The summed E-state index contributed by atoms with van der Waals surface area (Å²) in [4.78, 5) is 15.6. The molecule has 9 aromatic rings. The van der Waals surface area contributed by atoms with Crippen LogP contribution in [0, 0.1) is 23.7 Å². The number of nitrogens with zero attached hydrogens (tertiary/aromatic N) is 3. The minimum absolute atomic E-state index is 0.0383. The number of hydrogen-bond donors (Lipinski definition) is 0. The van der Waals surface area contributed by atoms with Gasteiger partial charge in [0.25, 0.3) is 0 Å². The average molecular weight is 796 g/mol. The van der Waals surface area contributed by atoms with Crippen LogP contribution in [-0.2, 0) is 5.41 Å². The van der Waals surface area contributed by atoms with E-state index in [1.165, 1.54) is 70.7 Å². The molecule has 62 heavy (non-hydrogen) atoms. The van der Waals surface area contributed by atoms with E-state index in [0.717, 1.165) is 45.2 Å². The number of aromatic nitrogens is 3. The highest BCUT2D eigenvalue weighted by atomic mass is 15.0. The molecule has 3 nitrogen and oxygen atoms in total. The van der Waals surface area contributed by atoms with Crippen molar-refractivity contribution < 1.29 is 0 Å². The van der Waals surface area contributed by atoms with Gasteiger partial charge in [0.2, 0.25) is 0 Å². The summed E-state index contributed by atoms with van der Waals surface area (Å²) in [5.41, 5.74) is 16.3. The van der Waals surface area contributed by atoms with Crippen LogP contribution in [0.2, 0.25) is 0 Å². The molecule has 0 amide bonds. The highest BCUT2D eigenvalue weighted by Gasteiger charge is 2.62. The van der Waals surface area contributed by atoms with Gasteiger partial charge in [-0.25, -0.2) is 15.0 Å². The number of rotatable bonds is 6. The molecule has 0 N–H and O–H groups in total. The molecule has 0 atom stereocenters. The third kappa shape index (κ3) is 5.54. The predicted octanol–water partition coefficient (Wildman–Crippen LogP) is 14.7. The van der Waals surface area contributed by atoms with Gasteiger partial charge in [-0.15, -0.1) is 0 Å². The molecule has 1 heterocycles. The summed E-state index contributed by atoms with van der Waals surface area (Å²) in [7, 11) is 0. The van der Waals surface area contributed by atoms with Crippen LogP contribution in [0.5, 0.6) is 0 Å². The lowest BCUT2D eigenvalue weighted by molar-refractivity contribution is -0.0391. The molecule has 4 fully saturated rings. The van der Waals surface area contributed by atoms with Crippen molar-refractivity contribution in [2.75, 3.05) is 0 Å². The molecule has 1 spiro atoms. The Hall–Kier alpha value is -6.97. The van der Waals surface area contributed by atoms with Crippen molar-refractivity contribution in [3.8, 4) is 78.7 Å². The van der Waals surface area contributed by atoms with Gasteiger partial charge in [0.1, 0.15) is 0 Å². The van der Waals surface area contributed by atoms with Crippen LogP contribution >= 0.6 is 0 Å². The summed E-state index contributed by atoms with van der Waals surface area (Å²) in [6.45, 7) is 0. The molecule has 3 heteroatoms. The monoisotopic (exact) mass is 795 g/mol. The molecule has 296 valence electrons. The molecule has 5 aliphatic rings. The van der Waals surface area contributed by atoms with Crippen LogP contribution in [0.1, 0.15) is 43.2 Å². The van der Waals surface area contributed by atoms with Gasteiger partial charge in [-0.05, 0) is 128 Å². The van der Waals surface area contributed by atoms with E-state index < -0.39 is 0 Å². The van der Waals surface area contributed by atoms with E-state index in [0.29, 0.717) is 29.3 Å². The number of benzene rings is 8. The van der Waals surface area contributed by atoms with Crippen molar-refractivity contribution in [2.24, 2.45) is 23.7 Å². The Balaban J connectivity index is 0.935. The third-order valence-corrected chi connectivity index (χ3v) is 15.1. The van der Waals surface area contributed by atoms with Gasteiger partial charge in [-0.1, -0.05) is 182 Å². The topological polar surface area (TPSA) is 38.7 Å². The summed E-state index contributed by atoms with van der Waals surface area (Å²) in [6, 6.07) is 68.4. The first-order valence-corrected chi connectivity index (χ1v) is 22.5. The van der Waals surface area contributed by atoms with Crippen molar-refractivity contribution in [1.29, 1.82) is 0 Å². The fraction of sp³-hybridized carbons (Fsp3) is 0.169. The van der Waals surface area contributed by atoms with E-state index in [1.54, 1.807) is 11.1 Å². The quantitative estimate of drug-likeness (QED) is 0.168. The zero-order valence-electron chi connectivity index (χ0n) is 34.6. The van der Waals surface area contributed by atoms with Crippen LogP contribution in [0.25, 0.3) is 89.4 Å². The smallest absolute Gasteiger partial charge is 0.164 e. The Labute approximate surface area is 363 Å². The maximum Gasteiger partial charge on any atom is 0.164 e. The normalized spacial score (nSPS) is 21.6. The average Bonchev–Trinajstić information content (AvgIpc) is 3.65. The zero-order valence-corrected chi connectivity index (χ0v) is 34.6. The minimum atomic E-state index is 0.0383. The maximum atomic E-state index is 5.21. The minimum Gasteiger partial charge on any atom is -0.208 e. The second kappa shape index (κ2) is 14.0. The fourth-order valence-corrected chi connectivity index (χ4v) is 12.7. The molecule has 14 rings (SSSR count). The van der Waals surface area contributed by atoms with Gasteiger partial charge in [0.15, 0.2) is 17.5 Å². The largest absolute Gasteiger partial charge is 0.208 e. The fourth-order valence-electron chi connectivity index (χ4n) is 12.7. The first-order valence-electron chi connectivity index (χ1n) is 22.5.